The van der Waals surface area contributed by atoms with Crippen molar-refractivity contribution in [2.45, 2.75) is 44.9 Å². The molecule has 0 aromatic heterocycles. The molecular weight excluding hydrogens is 216 g/mol. The Hall–Kier alpha value is -0.750. The van der Waals surface area contributed by atoms with E-state index in [-0.39, 0.29) is 0 Å². The van der Waals surface area contributed by atoms with Crippen LogP contribution in [-0.4, -0.2) is 5.38 Å². The first-order valence-electron chi connectivity index (χ1n) is 6.10. The van der Waals surface area contributed by atoms with Gasteiger partial charge in [-0.05, 0) is 43.7 Å². The normalized spacial score (nSPS) is 13.8. The molecule has 1 aromatic rings. The van der Waals surface area contributed by atoms with Crippen molar-refractivity contribution in [1.82, 2.24) is 0 Å². The highest BCUT2D eigenvalue weighted by Crippen LogP contribution is 2.16. The Morgan fingerprint density at radius 3 is 2.62 bits per heavy atom. The molecule has 1 atom stereocenters. The third-order valence-corrected chi connectivity index (χ3v) is 3.37. The molecule has 0 saturated carbocycles. The van der Waals surface area contributed by atoms with E-state index in [1.807, 2.05) is 0 Å². The summed E-state index contributed by atoms with van der Waals surface area (Å²) in [6.07, 6.45) is 6.82. The molecule has 0 aliphatic rings. The predicted octanol–water partition coefficient (Wildman–Crippen LogP) is 5.28. The van der Waals surface area contributed by atoms with Gasteiger partial charge in [0.05, 0.1) is 0 Å². The minimum absolute atomic E-state index is 0.352. The molecule has 1 aromatic carbocycles. The molecule has 0 nitrogen and oxygen atoms in total. The zero-order valence-corrected chi connectivity index (χ0v) is 11.0. The predicted molar refractivity (Wildman–Crippen MR) is 73.9 cm³/mol. The number of rotatable bonds is 6. The molecule has 1 heteroatoms. The molecule has 16 heavy (non-hydrogen) atoms. The molecule has 1 rings (SSSR count). The van der Waals surface area contributed by atoms with Crippen molar-refractivity contribution in [2.24, 2.45) is 0 Å². The summed E-state index contributed by atoms with van der Waals surface area (Å²) in [5.74, 6) is 0. The van der Waals surface area contributed by atoms with Gasteiger partial charge in [0.1, 0.15) is 0 Å². The Bertz CT molecular complexity index is 313. The average Bonchev–Trinajstić information content (AvgIpc) is 2.35. The van der Waals surface area contributed by atoms with Gasteiger partial charge in [0.25, 0.3) is 0 Å². The highest BCUT2D eigenvalue weighted by atomic mass is 35.5. The monoisotopic (exact) mass is 236 g/mol. The molecule has 0 heterocycles. The first-order chi connectivity index (χ1) is 7.74. The van der Waals surface area contributed by atoms with E-state index in [1.54, 1.807) is 0 Å². The Morgan fingerprint density at radius 2 is 2.00 bits per heavy atom. The Morgan fingerprint density at radius 1 is 1.31 bits per heavy atom. The fraction of sp³-hybridized carbons (Fsp3) is 0.467. The first kappa shape index (κ1) is 13.3. The molecule has 0 saturated heterocycles. The summed E-state index contributed by atoms with van der Waals surface area (Å²) in [6, 6.07) is 10.5. The van der Waals surface area contributed by atoms with Crippen LogP contribution in [-0.2, 0) is 0 Å². The van der Waals surface area contributed by atoms with E-state index in [0.717, 1.165) is 19.3 Å². The minimum atomic E-state index is 0.352. The number of hydrogen-bond donors (Lipinski definition) is 0. The van der Waals surface area contributed by atoms with Crippen LogP contribution in [0.4, 0.5) is 0 Å². The van der Waals surface area contributed by atoms with Crippen molar-refractivity contribution in [2.75, 3.05) is 0 Å². The maximum absolute atomic E-state index is 6.08. The van der Waals surface area contributed by atoms with Gasteiger partial charge in [-0.1, -0.05) is 43.3 Å². The summed E-state index contributed by atoms with van der Waals surface area (Å²) in [4.78, 5) is 0. The van der Waals surface area contributed by atoms with Gasteiger partial charge in [0, 0.05) is 5.38 Å². The Balaban J connectivity index is 2.35. The molecule has 0 fully saturated rings. The van der Waals surface area contributed by atoms with Crippen LogP contribution >= 0.6 is 11.6 Å². The molecule has 0 amide bonds. The van der Waals surface area contributed by atoms with E-state index < -0.39 is 0 Å². The lowest BCUT2D eigenvalue weighted by Gasteiger charge is -2.05. The van der Waals surface area contributed by atoms with Gasteiger partial charge in [-0.2, -0.15) is 0 Å². The van der Waals surface area contributed by atoms with Gasteiger partial charge in [-0.15, -0.1) is 11.6 Å². The lowest BCUT2D eigenvalue weighted by molar-refractivity contribution is 0.683. The topological polar surface area (TPSA) is 0 Å². The van der Waals surface area contributed by atoms with Crippen LogP contribution < -0.4 is 0 Å². The van der Waals surface area contributed by atoms with E-state index in [1.165, 1.54) is 17.6 Å². The Labute approximate surface area is 104 Å². The molecular formula is C15H21Cl. The first-order valence-corrected chi connectivity index (χ1v) is 6.54. The highest BCUT2D eigenvalue weighted by molar-refractivity contribution is 6.20. The van der Waals surface area contributed by atoms with Gasteiger partial charge in [0.15, 0.2) is 0 Å². The summed E-state index contributed by atoms with van der Waals surface area (Å²) in [5, 5.41) is 0.352. The standard InChI is InChI=1S/C15H21Cl/c1-3-15(16)12-8-7-9-13(2)14-10-5-4-6-11-14/h4-6,9-11,15H,3,7-8,12H2,1-2H3. The maximum atomic E-state index is 6.08. The van der Waals surface area contributed by atoms with Gasteiger partial charge < -0.3 is 0 Å². The Kier molecular flexibility index (Phi) is 6.25. The van der Waals surface area contributed by atoms with E-state index in [0.29, 0.717) is 5.38 Å². The van der Waals surface area contributed by atoms with Crippen molar-refractivity contribution in [3.05, 3.63) is 42.0 Å². The number of benzene rings is 1. The quantitative estimate of drug-likeness (QED) is 0.466. The van der Waals surface area contributed by atoms with Crippen LogP contribution in [0.25, 0.3) is 5.57 Å². The van der Waals surface area contributed by atoms with Crippen LogP contribution in [0, 0.1) is 0 Å². The third-order valence-electron chi connectivity index (χ3n) is 2.84. The molecule has 0 spiro atoms. The molecule has 88 valence electrons. The summed E-state index contributed by atoms with van der Waals surface area (Å²) < 4.78 is 0. The summed E-state index contributed by atoms with van der Waals surface area (Å²) in [6.45, 7) is 4.32. The summed E-state index contributed by atoms with van der Waals surface area (Å²) in [7, 11) is 0. The van der Waals surface area contributed by atoms with Gasteiger partial charge >= 0.3 is 0 Å². The van der Waals surface area contributed by atoms with Gasteiger partial charge in [-0.3, -0.25) is 0 Å². The molecule has 0 aliphatic heterocycles. The highest BCUT2D eigenvalue weighted by Gasteiger charge is 1.99. The second-order valence-corrected chi connectivity index (χ2v) is 4.81. The van der Waals surface area contributed by atoms with E-state index in [2.05, 4.69) is 50.3 Å². The van der Waals surface area contributed by atoms with Crippen LogP contribution in [0.3, 0.4) is 0 Å². The van der Waals surface area contributed by atoms with Crippen LogP contribution in [0.15, 0.2) is 36.4 Å². The third kappa shape index (κ3) is 4.85. The van der Waals surface area contributed by atoms with E-state index in [9.17, 15) is 0 Å². The minimum Gasteiger partial charge on any atom is -0.123 e. The SMILES string of the molecule is CCC(Cl)CCCC=C(C)c1ccccc1. The van der Waals surface area contributed by atoms with Crippen LogP contribution in [0.5, 0.6) is 0 Å². The molecule has 0 radical (unpaired) electrons. The lowest BCUT2D eigenvalue weighted by atomic mass is 10.0. The molecule has 1 unspecified atom stereocenters. The number of unbranched alkanes of at least 4 members (excludes halogenated alkanes) is 1. The zero-order chi connectivity index (χ0) is 11.8. The zero-order valence-electron chi connectivity index (χ0n) is 10.2. The van der Waals surface area contributed by atoms with Crippen molar-refractivity contribution >= 4 is 17.2 Å². The molecule has 0 aliphatic carbocycles. The average molecular weight is 237 g/mol. The number of hydrogen-bond acceptors (Lipinski definition) is 0. The largest absolute Gasteiger partial charge is 0.123 e. The van der Waals surface area contributed by atoms with E-state index >= 15 is 0 Å². The van der Waals surface area contributed by atoms with Crippen molar-refractivity contribution in [1.29, 1.82) is 0 Å². The molecule has 0 N–H and O–H groups in total. The molecule has 0 bridgehead atoms. The van der Waals surface area contributed by atoms with Crippen LogP contribution in [0.1, 0.15) is 45.1 Å². The van der Waals surface area contributed by atoms with Crippen LogP contribution in [0.2, 0.25) is 0 Å². The second kappa shape index (κ2) is 7.51. The van der Waals surface area contributed by atoms with Crippen molar-refractivity contribution in [3.8, 4) is 0 Å². The fourth-order valence-corrected chi connectivity index (χ4v) is 1.84. The smallest absolute Gasteiger partial charge is 0.0333 e. The van der Waals surface area contributed by atoms with Gasteiger partial charge in [0.2, 0.25) is 0 Å². The number of allylic oxidation sites excluding steroid dienone is 2. The van der Waals surface area contributed by atoms with Crippen molar-refractivity contribution < 1.29 is 0 Å². The van der Waals surface area contributed by atoms with Gasteiger partial charge in [-0.25, -0.2) is 0 Å². The van der Waals surface area contributed by atoms with Crippen molar-refractivity contribution in [3.63, 3.8) is 0 Å². The lowest BCUT2D eigenvalue weighted by Crippen LogP contribution is -1.94. The number of alkyl halides is 1. The number of halogens is 1. The van der Waals surface area contributed by atoms with E-state index in [4.69, 9.17) is 11.6 Å². The maximum Gasteiger partial charge on any atom is 0.0333 e. The fourth-order valence-electron chi connectivity index (χ4n) is 1.68. The summed E-state index contributed by atoms with van der Waals surface area (Å²) >= 11 is 6.08. The second-order valence-electron chi connectivity index (χ2n) is 4.19. The summed E-state index contributed by atoms with van der Waals surface area (Å²) in [5.41, 5.74) is 2.68.